The molecule has 2 nitrogen and oxygen atoms in total. The quantitative estimate of drug-likeness (QED) is 0.679. The first kappa shape index (κ1) is 17.2. The molecule has 0 heterocycles. The van der Waals surface area contributed by atoms with Crippen LogP contribution in [0.5, 0.6) is 0 Å². The van der Waals surface area contributed by atoms with Gasteiger partial charge in [-0.25, -0.2) is 0 Å². The molecule has 0 saturated heterocycles. The van der Waals surface area contributed by atoms with E-state index in [-0.39, 0.29) is 6.04 Å². The van der Waals surface area contributed by atoms with Gasteiger partial charge in [-0.15, -0.1) is 0 Å². The second kappa shape index (κ2) is 9.15. The Morgan fingerprint density at radius 2 is 1.60 bits per heavy atom. The minimum absolute atomic E-state index is 0.128. The number of hydrogen-bond acceptors (Lipinski definition) is 2. The molecule has 0 bridgehead atoms. The SMILES string of the molecule is CCCCC(O)(CCCC)C(Cc1ccccc1)NC. The molecule has 1 aromatic rings. The Balaban J connectivity index is 2.78. The lowest BCUT2D eigenvalue weighted by molar-refractivity contribution is -0.0156. The number of aliphatic hydroxyl groups is 1. The predicted octanol–water partition coefficient (Wildman–Crippen LogP) is 3.93. The molecule has 0 aromatic heterocycles. The zero-order valence-corrected chi connectivity index (χ0v) is 13.4. The number of unbranched alkanes of at least 4 members (excludes halogenated alkanes) is 2. The fourth-order valence-electron chi connectivity index (χ4n) is 2.85. The van der Waals surface area contributed by atoms with E-state index in [1.807, 2.05) is 13.1 Å². The lowest BCUT2D eigenvalue weighted by Crippen LogP contribution is -2.51. The Hall–Kier alpha value is -0.860. The van der Waals surface area contributed by atoms with E-state index in [0.717, 1.165) is 44.9 Å². The van der Waals surface area contributed by atoms with Gasteiger partial charge in [0.2, 0.25) is 0 Å². The van der Waals surface area contributed by atoms with E-state index in [1.165, 1.54) is 5.56 Å². The number of hydrogen-bond donors (Lipinski definition) is 2. The van der Waals surface area contributed by atoms with Gasteiger partial charge in [0.15, 0.2) is 0 Å². The molecule has 0 spiro atoms. The van der Waals surface area contributed by atoms with Crippen molar-refractivity contribution in [3.8, 4) is 0 Å². The molecular weight excluding hydrogens is 246 g/mol. The largest absolute Gasteiger partial charge is 0.388 e. The van der Waals surface area contributed by atoms with Gasteiger partial charge in [0.25, 0.3) is 0 Å². The standard InChI is InChI=1S/C18H31NO/c1-4-6-13-18(20,14-7-5-2)17(19-3)15-16-11-9-8-10-12-16/h8-12,17,19-20H,4-7,13-15H2,1-3H3. The summed E-state index contributed by atoms with van der Waals surface area (Å²) in [5.41, 5.74) is 0.703. The van der Waals surface area contributed by atoms with Crippen molar-refractivity contribution in [2.45, 2.75) is 70.4 Å². The van der Waals surface area contributed by atoms with Crippen LogP contribution in [0.3, 0.4) is 0 Å². The summed E-state index contributed by atoms with van der Waals surface area (Å²) in [6.45, 7) is 4.37. The Bertz CT molecular complexity index is 342. The van der Waals surface area contributed by atoms with E-state index in [2.05, 4.69) is 43.4 Å². The summed E-state index contributed by atoms with van der Waals surface area (Å²) in [6.07, 6.45) is 7.12. The number of nitrogens with one attached hydrogen (secondary N) is 1. The number of likely N-dealkylation sites (N-methyl/N-ethyl adjacent to an activating group) is 1. The van der Waals surface area contributed by atoms with Gasteiger partial charge in [-0.2, -0.15) is 0 Å². The normalized spacial score (nSPS) is 13.4. The van der Waals surface area contributed by atoms with Crippen LogP contribution < -0.4 is 5.32 Å². The van der Waals surface area contributed by atoms with Crippen LogP contribution in [0.1, 0.15) is 57.9 Å². The molecule has 0 aliphatic rings. The minimum Gasteiger partial charge on any atom is -0.388 e. The lowest BCUT2D eigenvalue weighted by atomic mass is 9.81. The van der Waals surface area contributed by atoms with E-state index in [9.17, 15) is 5.11 Å². The second-order valence-electron chi connectivity index (χ2n) is 5.84. The van der Waals surface area contributed by atoms with Crippen molar-refractivity contribution in [1.82, 2.24) is 5.32 Å². The Morgan fingerprint density at radius 3 is 2.05 bits per heavy atom. The van der Waals surface area contributed by atoms with E-state index >= 15 is 0 Å². The summed E-state index contributed by atoms with van der Waals surface area (Å²) in [6, 6.07) is 10.6. The van der Waals surface area contributed by atoms with Gasteiger partial charge in [0.1, 0.15) is 0 Å². The van der Waals surface area contributed by atoms with E-state index < -0.39 is 5.60 Å². The van der Waals surface area contributed by atoms with Crippen LogP contribution in [-0.2, 0) is 6.42 Å². The van der Waals surface area contributed by atoms with Crippen molar-refractivity contribution in [3.05, 3.63) is 35.9 Å². The average Bonchev–Trinajstić information content (AvgIpc) is 2.49. The first-order valence-corrected chi connectivity index (χ1v) is 8.09. The maximum atomic E-state index is 11.1. The van der Waals surface area contributed by atoms with Gasteiger partial charge in [0, 0.05) is 6.04 Å². The summed E-state index contributed by atoms with van der Waals surface area (Å²) >= 11 is 0. The van der Waals surface area contributed by atoms with Crippen LogP contribution >= 0.6 is 0 Å². The molecule has 1 atom stereocenters. The van der Waals surface area contributed by atoms with E-state index in [0.29, 0.717) is 0 Å². The highest BCUT2D eigenvalue weighted by molar-refractivity contribution is 5.17. The molecule has 0 fully saturated rings. The third-order valence-electron chi connectivity index (χ3n) is 4.21. The van der Waals surface area contributed by atoms with Crippen molar-refractivity contribution in [3.63, 3.8) is 0 Å². The Morgan fingerprint density at radius 1 is 1.05 bits per heavy atom. The predicted molar refractivity (Wildman–Crippen MR) is 87.0 cm³/mol. The molecule has 0 aliphatic carbocycles. The van der Waals surface area contributed by atoms with Crippen molar-refractivity contribution >= 4 is 0 Å². The fraction of sp³-hybridized carbons (Fsp3) is 0.667. The van der Waals surface area contributed by atoms with Crippen LogP contribution in [0, 0.1) is 0 Å². The molecule has 2 heteroatoms. The zero-order valence-electron chi connectivity index (χ0n) is 13.4. The Labute approximate surface area is 124 Å². The first-order valence-electron chi connectivity index (χ1n) is 8.09. The third-order valence-corrected chi connectivity index (χ3v) is 4.21. The highest BCUT2D eigenvalue weighted by Crippen LogP contribution is 2.27. The van der Waals surface area contributed by atoms with Crippen LogP contribution in [-0.4, -0.2) is 23.8 Å². The lowest BCUT2D eigenvalue weighted by Gasteiger charge is -2.37. The highest BCUT2D eigenvalue weighted by Gasteiger charge is 2.34. The monoisotopic (exact) mass is 277 g/mol. The zero-order chi connectivity index (χ0) is 14.8. The molecular formula is C18H31NO. The highest BCUT2D eigenvalue weighted by atomic mass is 16.3. The summed E-state index contributed by atoms with van der Waals surface area (Å²) in [5, 5.41) is 14.5. The minimum atomic E-state index is -0.587. The van der Waals surface area contributed by atoms with Crippen molar-refractivity contribution in [2.24, 2.45) is 0 Å². The third kappa shape index (κ3) is 5.26. The van der Waals surface area contributed by atoms with Gasteiger partial charge in [-0.3, -0.25) is 0 Å². The van der Waals surface area contributed by atoms with Crippen molar-refractivity contribution in [2.75, 3.05) is 7.05 Å². The summed E-state index contributed by atoms with van der Waals surface area (Å²) in [7, 11) is 1.97. The average molecular weight is 277 g/mol. The molecule has 0 radical (unpaired) electrons. The molecule has 0 saturated carbocycles. The molecule has 2 N–H and O–H groups in total. The topological polar surface area (TPSA) is 32.3 Å². The maximum Gasteiger partial charge on any atom is 0.0803 e. The summed E-state index contributed by atoms with van der Waals surface area (Å²) in [5.74, 6) is 0. The van der Waals surface area contributed by atoms with Crippen LogP contribution in [0.15, 0.2) is 30.3 Å². The van der Waals surface area contributed by atoms with Gasteiger partial charge in [-0.05, 0) is 31.9 Å². The van der Waals surface area contributed by atoms with Crippen molar-refractivity contribution < 1.29 is 5.11 Å². The summed E-state index contributed by atoms with van der Waals surface area (Å²) < 4.78 is 0. The fourth-order valence-corrected chi connectivity index (χ4v) is 2.85. The molecule has 1 rings (SSSR count). The second-order valence-corrected chi connectivity index (χ2v) is 5.84. The molecule has 0 aliphatic heterocycles. The number of rotatable bonds is 10. The molecule has 20 heavy (non-hydrogen) atoms. The number of benzene rings is 1. The van der Waals surface area contributed by atoms with Gasteiger partial charge >= 0.3 is 0 Å². The molecule has 114 valence electrons. The molecule has 1 aromatic carbocycles. The Kier molecular flexibility index (Phi) is 7.86. The summed E-state index contributed by atoms with van der Waals surface area (Å²) in [4.78, 5) is 0. The van der Waals surface area contributed by atoms with E-state index in [1.54, 1.807) is 0 Å². The van der Waals surface area contributed by atoms with Gasteiger partial charge in [0.05, 0.1) is 5.60 Å². The molecule has 1 unspecified atom stereocenters. The van der Waals surface area contributed by atoms with E-state index in [4.69, 9.17) is 0 Å². The van der Waals surface area contributed by atoms with Gasteiger partial charge < -0.3 is 10.4 Å². The maximum absolute atomic E-state index is 11.1. The first-order chi connectivity index (χ1) is 9.66. The van der Waals surface area contributed by atoms with Crippen LogP contribution in [0.4, 0.5) is 0 Å². The smallest absolute Gasteiger partial charge is 0.0803 e. The van der Waals surface area contributed by atoms with Crippen LogP contribution in [0.25, 0.3) is 0 Å². The van der Waals surface area contributed by atoms with Crippen molar-refractivity contribution in [1.29, 1.82) is 0 Å². The van der Waals surface area contributed by atoms with Crippen LogP contribution in [0.2, 0.25) is 0 Å². The molecule has 0 amide bonds. The van der Waals surface area contributed by atoms with Gasteiger partial charge in [-0.1, -0.05) is 69.9 Å².